The van der Waals surface area contributed by atoms with Crippen LogP contribution >= 0.6 is 0 Å². The lowest BCUT2D eigenvalue weighted by Crippen LogP contribution is -1.83. The van der Waals surface area contributed by atoms with Gasteiger partial charge < -0.3 is 4.98 Å². The van der Waals surface area contributed by atoms with Crippen molar-refractivity contribution in [1.29, 1.82) is 0 Å². The predicted molar refractivity (Wildman–Crippen MR) is 38.6 cm³/mol. The zero-order chi connectivity index (χ0) is 6.97. The maximum atomic E-state index is 4.19. The Kier molecular flexibility index (Phi) is 0.974. The van der Waals surface area contributed by atoms with E-state index in [9.17, 15) is 0 Å². The van der Waals surface area contributed by atoms with E-state index in [1.54, 1.807) is 0 Å². The molecule has 50 valence electrons. The summed E-state index contributed by atoms with van der Waals surface area (Å²) in [6.07, 6.45) is 5.56. The summed E-state index contributed by atoms with van der Waals surface area (Å²) >= 11 is 0. The lowest BCUT2D eigenvalue weighted by molar-refractivity contribution is 1.09. The lowest BCUT2D eigenvalue weighted by Gasteiger charge is -1.88. The third kappa shape index (κ3) is 0.673. The van der Waals surface area contributed by atoms with E-state index in [0.29, 0.717) is 0 Å². The molecule has 1 N–H and O–H groups in total. The standard InChI is InChI=1S/C7H7N3/c1-5-9-3-6-2-8-4-7(6)10-5/h2-4,8H,1H3. The minimum atomic E-state index is 0.812. The van der Waals surface area contributed by atoms with E-state index in [1.807, 2.05) is 25.5 Å². The van der Waals surface area contributed by atoms with Crippen molar-refractivity contribution in [3.8, 4) is 0 Å². The quantitative estimate of drug-likeness (QED) is 0.588. The molecule has 0 amide bonds. The molecular formula is C7H7N3. The van der Waals surface area contributed by atoms with Gasteiger partial charge in [0.05, 0.1) is 5.52 Å². The summed E-state index contributed by atoms with van der Waals surface area (Å²) in [4.78, 5) is 11.2. The van der Waals surface area contributed by atoms with Gasteiger partial charge in [0.15, 0.2) is 0 Å². The number of hydrogen-bond acceptors (Lipinski definition) is 2. The zero-order valence-electron chi connectivity index (χ0n) is 5.63. The molecule has 0 radical (unpaired) electrons. The third-order valence-electron chi connectivity index (χ3n) is 1.43. The van der Waals surface area contributed by atoms with Gasteiger partial charge in [0, 0.05) is 24.0 Å². The normalized spacial score (nSPS) is 10.5. The number of aromatic nitrogens is 3. The Morgan fingerprint density at radius 1 is 1.40 bits per heavy atom. The van der Waals surface area contributed by atoms with Crippen molar-refractivity contribution in [3.63, 3.8) is 0 Å². The van der Waals surface area contributed by atoms with Crippen LogP contribution < -0.4 is 0 Å². The minimum absolute atomic E-state index is 0.812. The third-order valence-corrected chi connectivity index (χ3v) is 1.43. The van der Waals surface area contributed by atoms with Crippen LogP contribution in [0.5, 0.6) is 0 Å². The molecule has 0 aliphatic heterocycles. The molecule has 0 unspecified atom stereocenters. The largest absolute Gasteiger partial charge is 0.365 e. The Labute approximate surface area is 58.1 Å². The molecular weight excluding hydrogens is 126 g/mol. The Bertz CT molecular complexity index is 350. The van der Waals surface area contributed by atoms with Crippen molar-refractivity contribution in [2.75, 3.05) is 0 Å². The van der Waals surface area contributed by atoms with Crippen LogP contribution in [0, 0.1) is 6.92 Å². The van der Waals surface area contributed by atoms with Gasteiger partial charge in [-0.05, 0) is 6.92 Å². The summed E-state index contributed by atoms with van der Waals surface area (Å²) in [5.74, 6) is 0.812. The molecule has 3 nitrogen and oxygen atoms in total. The van der Waals surface area contributed by atoms with Gasteiger partial charge in [0.1, 0.15) is 5.82 Å². The number of hydrogen-bond donors (Lipinski definition) is 1. The van der Waals surface area contributed by atoms with Gasteiger partial charge in [-0.1, -0.05) is 0 Å². The zero-order valence-corrected chi connectivity index (χ0v) is 5.63. The maximum absolute atomic E-state index is 4.19. The summed E-state index contributed by atoms with van der Waals surface area (Å²) in [7, 11) is 0. The Hall–Kier alpha value is -1.38. The van der Waals surface area contributed by atoms with Crippen LogP contribution in [0.1, 0.15) is 5.82 Å². The van der Waals surface area contributed by atoms with Gasteiger partial charge in [-0.25, -0.2) is 9.97 Å². The van der Waals surface area contributed by atoms with Crippen LogP contribution in [0.15, 0.2) is 18.6 Å². The fourth-order valence-corrected chi connectivity index (χ4v) is 0.934. The number of rotatable bonds is 0. The number of H-pyrrole nitrogens is 1. The summed E-state index contributed by atoms with van der Waals surface area (Å²) in [6, 6.07) is 0. The van der Waals surface area contributed by atoms with Crippen LogP contribution in [-0.2, 0) is 0 Å². The van der Waals surface area contributed by atoms with E-state index >= 15 is 0 Å². The maximum Gasteiger partial charge on any atom is 0.125 e. The Balaban J connectivity index is 2.86. The minimum Gasteiger partial charge on any atom is -0.365 e. The lowest BCUT2D eigenvalue weighted by atomic mass is 10.4. The second kappa shape index (κ2) is 1.80. The van der Waals surface area contributed by atoms with Crippen molar-refractivity contribution in [2.24, 2.45) is 0 Å². The van der Waals surface area contributed by atoms with Crippen LogP contribution in [0.2, 0.25) is 0 Å². The van der Waals surface area contributed by atoms with Crippen LogP contribution in [0.25, 0.3) is 10.9 Å². The van der Waals surface area contributed by atoms with E-state index in [2.05, 4.69) is 15.0 Å². The molecule has 2 aromatic rings. The molecule has 0 fully saturated rings. The van der Waals surface area contributed by atoms with Crippen molar-refractivity contribution in [3.05, 3.63) is 24.4 Å². The SMILES string of the molecule is Cc1ncc2c[nH]cc2n1. The number of nitrogens with zero attached hydrogens (tertiary/aromatic N) is 2. The highest BCUT2D eigenvalue weighted by molar-refractivity contribution is 5.76. The molecule has 2 heterocycles. The highest BCUT2D eigenvalue weighted by Gasteiger charge is 1.93. The number of nitrogens with one attached hydrogen (secondary N) is 1. The van der Waals surface area contributed by atoms with Crippen molar-refractivity contribution >= 4 is 10.9 Å². The molecule has 0 saturated carbocycles. The van der Waals surface area contributed by atoms with E-state index < -0.39 is 0 Å². The molecule has 0 bridgehead atoms. The predicted octanol–water partition coefficient (Wildman–Crippen LogP) is 1.27. The Morgan fingerprint density at radius 2 is 2.30 bits per heavy atom. The molecule has 0 atom stereocenters. The van der Waals surface area contributed by atoms with E-state index in [1.165, 1.54) is 0 Å². The first-order chi connectivity index (χ1) is 4.86. The number of aryl methyl sites for hydroxylation is 1. The summed E-state index contributed by atoms with van der Waals surface area (Å²) in [6.45, 7) is 1.88. The second-order valence-electron chi connectivity index (χ2n) is 2.21. The summed E-state index contributed by atoms with van der Waals surface area (Å²) in [5.41, 5.74) is 0.979. The summed E-state index contributed by atoms with van der Waals surface area (Å²) < 4.78 is 0. The first-order valence-corrected chi connectivity index (χ1v) is 3.12. The van der Waals surface area contributed by atoms with Gasteiger partial charge in [-0.3, -0.25) is 0 Å². The Morgan fingerprint density at radius 3 is 3.20 bits per heavy atom. The van der Waals surface area contributed by atoms with Crippen molar-refractivity contribution in [1.82, 2.24) is 15.0 Å². The van der Waals surface area contributed by atoms with Crippen LogP contribution in [-0.4, -0.2) is 15.0 Å². The van der Waals surface area contributed by atoms with Crippen LogP contribution in [0.4, 0.5) is 0 Å². The monoisotopic (exact) mass is 133 g/mol. The smallest absolute Gasteiger partial charge is 0.125 e. The highest BCUT2D eigenvalue weighted by atomic mass is 14.9. The van der Waals surface area contributed by atoms with Gasteiger partial charge in [-0.15, -0.1) is 0 Å². The van der Waals surface area contributed by atoms with Crippen molar-refractivity contribution in [2.45, 2.75) is 6.92 Å². The topological polar surface area (TPSA) is 41.6 Å². The van der Waals surface area contributed by atoms with E-state index in [4.69, 9.17) is 0 Å². The van der Waals surface area contributed by atoms with Crippen LogP contribution in [0.3, 0.4) is 0 Å². The molecule has 10 heavy (non-hydrogen) atoms. The van der Waals surface area contributed by atoms with Crippen molar-refractivity contribution < 1.29 is 0 Å². The molecule has 0 aliphatic rings. The molecule has 2 rings (SSSR count). The fraction of sp³-hybridized carbons (Fsp3) is 0.143. The van der Waals surface area contributed by atoms with Gasteiger partial charge >= 0.3 is 0 Å². The molecule has 2 aromatic heterocycles. The average molecular weight is 133 g/mol. The molecule has 0 aliphatic carbocycles. The van der Waals surface area contributed by atoms with Gasteiger partial charge in [0.2, 0.25) is 0 Å². The fourth-order valence-electron chi connectivity index (χ4n) is 0.934. The number of aromatic amines is 1. The van der Waals surface area contributed by atoms with Gasteiger partial charge in [0.25, 0.3) is 0 Å². The first-order valence-electron chi connectivity index (χ1n) is 3.12. The average Bonchev–Trinajstić information content (AvgIpc) is 2.33. The summed E-state index contributed by atoms with van der Waals surface area (Å²) in [5, 5.41) is 1.06. The van der Waals surface area contributed by atoms with Gasteiger partial charge in [-0.2, -0.15) is 0 Å². The van der Waals surface area contributed by atoms with E-state index in [-0.39, 0.29) is 0 Å². The molecule has 0 spiro atoms. The highest BCUT2D eigenvalue weighted by Crippen LogP contribution is 2.07. The molecule has 0 aromatic carbocycles. The first kappa shape index (κ1) is 5.41. The number of fused-ring (bicyclic) bond motifs is 1. The molecule has 3 heteroatoms. The second-order valence-corrected chi connectivity index (χ2v) is 2.21. The molecule has 0 saturated heterocycles. The van der Waals surface area contributed by atoms with E-state index in [0.717, 1.165) is 16.7 Å².